The number of rotatable bonds is 2. The maximum absolute atomic E-state index is 12.1. The molecule has 0 saturated heterocycles. The fraction of sp³-hybridized carbons (Fsp3) is 0.214. The van der Waals surface area contributed by atoms with Gasteiger partial charge >= 0.3 is 0 Å². The first-order valence-corrected chi connectivity index (χ1v) is 6.29. The number of benzene rings is 1. The number of carbonyl (C=O) groups is 2. The highest BCUT2D eigenvalue weighted by atomic mass is 16.2. The molecular weight excluding hydrogens is 256 g/mol. The summed E-state index contributed by atoms with van der Waals surface area (Å²) in [5, 5.41) is 2.75. The van der Waals surface area contributed by atoms with E-state index in [1.807, 2.05) is 30.3 Å². The van der Waals surface area contributed by atoms with Gasteiger partial charge in [0, 0.05) is 7.05 Å². The number of anilines is 1. The lowest BCUT2D eigenvalue weighted by Crippen LogP contribution is -2.31. The smallest absolute Gasteiger partial charge is 0.276 e. The predicted molar refractivity (Wildman–Crippen MR) is 73.4 cm³/mol. The van der Waals surface area contributed by atoms with Gasteiger partial charge in [-0.3, -0.25) is 9.59 Å². The van der Waals surface area contributed by atoms with E-state index in [-0.39, 0.29) is 24.1 Å². The minimum Gasteiger partial charge on any atom is -0.331 e. The summed E-state index contributed by atoms with van der Waals surface area (Å²) in [5.41, 5.74) is 1.36. The topological polar surface area (TPSA) is 67.2 Å². The molecule has 0 fully saturated rings. The molecule has 2 heterocycles. The third kappa shape index (κ3) is 2.16. The van der Waals surface area contributed by atoms with Gasteiger partial charge in [0.05, 0.1) is 19.4 Å². The van der Waals surface area contributed by atoms with Gasteiger partial charge in [0.1, 0.15) is 5.82 Å². The van der Waals surface area contributed by atoms with Gasteiger partial charge in [-0.2, -0.15) is 0 Å². The number of carbonyl (C=O) groups excluding carboxylic acids is 2. The van der Waals surface area contributed by atoms with Crippen LogP contribution in [0.1, 0.15) is 16.1 Å². The van der Waals surface area contributed by atoms with Gasteiger partial charge in [-0.25, -0.2) is 4.98 Å². The van der Waals surface area contributed by atoms with Crippen molar-refractivity contribution in [3.8, 4) is 0 Å². The molecule has 0 unspecified atom stereocenters. The van der Waals surface area contributed by atoms with Crippen LogP contribution in [0, 0.1) is 0 Å². The molecule has 0 saturated carbocycles. The fourth-order valence-corrected chi connectivity index (χ4v) is 2.21. The van der Waals surface area contributed by atoms with Crippen LogP contribution in [-0.4, -0.2) is 39.9 Å². The standard InChI is InChI=1S/C14H14N4O2/c1-17-8-11(19)16-13-12(14(17)20)15-9-18(13)7-10-5-3-2-4-6-10/h2-6,9H,7-8H2,1H3,(H,16,19). The van der Waals surface area contributed by atoms with Gasteiger partial charge in [-0.15, -0.1) is 0 Å². The molecule has 0 atom stereocenters. The number of fused-ring (bicyclic) bond motifs is 1. The molecule has 6 heteroatoms. The Kier molecular flexibility index (Phi) is 2.98. The molecule has 2 aromatic rings. The summed E-state index contributed by atoms with van der Waals surface area (Å²) < 4.78 is 1.78. The molecular formula is C14H14N4O2. The summed E-state index contributed by atoms with van der Waals surface area (Å²) in [6, 6.07) is 9.81. The highest BCUT2D eigenvalue weighted by Crippen LogP contribution is 2.20. The van der Waals surface area contributed by atoms with E-state index in [0.29, 0.717) is 12.4 Å². The molecule has 0 spiro atoms. The molecule has 2 amide bonds. The van der Waals surface area contributed by atoms with Crippen LogP contribution >= 0.6 is 0 Å². The molecule has 1 aromatic heterocycles. The van der Waals surface area contributed by atoms with E-state index in [2.05, 4.69) is 10.3 Å². The van der Waals surface area contributed by atoms with Crippen molar-refractivity contribution in [2.24, 2.45) is 0 Å². The normalized spacial score (nSPS) is 14.8. The van der Waals surface area contributed by atoms with Crippen LogP contribution in [0.4, 0.5) is 5.82 Å². The van der Waals surface area contributed by atoms with Crippen molar-refractivity contribution in [3.05, 3.63) is 47.9 Å². The lowest BCUT2D eigenvalue weighted by atomic mass is 10.2. The van der Waals surface area contributed by atoms with Crippen LogP contribution in [0.25, 0.3) is 0 Å². The van der Waals surface area contributed by atoms with Crippen molar-refractivity contribution in [2.45, 2.75) is 6.54 Å². The molecule has 0 aliphatic carbocycles. The Labute approximate surface area is 116 Å². The maximum Gasteiger partial charge on any atom is 0.276 e. The van der Waals surface area contributed by atoms with Gasteiger partial charge in [0.25, 0.3) is 5.91 Å². The van der Waals surface area contributed by atoms with Crippen molar-refractivity contribution >= 4 is 17.6 Å². The number of likely N-dealkylation sites (N-methyl/N-ethyl adjacent to an activating group) is 1. The molecule has 3 rings (SSSR count). The lowest BCUT2D eigenvalue weighted by Gasteiger charge is -2.10. The average molecular weight is 270 g/mol. The molecule has 20 heavy (non-hydrogen) atoms. The minimum atomic E-state index is -0.245. The summed E-state index contributed by atoms with van der Waals surface area (Å²) in [5.74, 6) is 0.00720. The van der Waals surface area contributed by atoms with E-state index < -0.39 is 0 Å². The molecule has 0 radical (unpaired) electrons. The van der Waals surface area contributed by atoms with Crippen LogP contribution in [-0.2, 0) is 11.3 Å². The second kappa shape index (κ2) is 4.80. The number of hydrogen-bond acceptors (Lipinski definition) is 3. The van der Waals surface area contributed by atoms with Crippen LogP contribution in [0.5, 0.6) is 0 Å². The molecule has 102 valence electrons. The Morgan fingerprint density at radius 3 is 2.75 bits per heavy atom. The maximum atomic E-state index is 12.1. The van der Waals surface area contributed by atoms with Crippen LogP contribution < -0.4 is 5.32 Å². The van der Waals surface area contributed by atoms with E-state index in [4.69, 9.17) is 0 Å². The Hall–Kier alpha value is -2.63. The largest absolute Gasteiger partial charge is 0.331 e. The van der Waals surface area contributed by atoms with E-state index >= 15 is 0 Å². The Balaban J connectivity index is 1.97. The molecule has 1 aliphatic rings. The first kappa shape index (κ1) is 12.4. The van der Waals surface area contributed by atoms with E-state index in [1.54, 1.807) is 17.9 Å². The van der Waals surface area contributed by atoms with E-state index in [0.717, 1.165) is 5.56 Å². The number of nitrogens with zero attached hydrogens (tertiary/aromatic N) is 3. The highest BCUT2D eigenvalue weighted by Gasteiger charge is 2.27. The Bertz CT molecular complexity index is 663. The second-order valence-electron chi connectivity index (χ2n) is 4.76. The summed E-state index contributed by atoms with van der Waals surface area (Å²) in [4.78, 5) is 29.4. The monoisotopic (exact) mass is 270 g/mol. The van der Waals surface area contributed by atoms with Crippen molar-refractivity contribution in [3.63, 3.8) is 0 Å². The number of aromatic nitrogens is 2. The summed E-state index contributed by atoms with van der Waals surface area (Å²) >= 11 is 0. The second-order valence-corrected chi connectivity index (χ2v) is 4.76. The lowest BCUT2D eigenvalue weighted by molar-refractivity contribution is -0.116. The number of imidazole rings is 1. The molecule has 1 aliphatic heterocycles. The first-order chi connectivity index (χ1) is 9.65. The van der Waals surface area contributed by atoms with Gasteiger partial charge in [-0.1, -0.05) is 30.3 Å². The fourth-order valence-electron chi connectivity index (χ4n) is 2.21. The minimum absolute atomic E-state index is 0.0422. The van der Waals surface area contributed by atoms with Gasteiger partial charge in [0.15, 0.2) is 5.69 Å². The molecule has 6 nitrogen and oxygen atoms in total. The van der Waals surface area contributed by atoms with Gasteiger partial charge < -0.3 is 14.8 Å². The molecule has 1 N–H and O–H groups in total. The number of nitrogens with one attached hydrogen (secondary N) is 1. The van der Waals surface area contributed by atoms with Crippen LogP contribution in [0.2, 0.25) is 0 Å². The quantitative estimate of drug-likeness (QED) is 0.883. The highest BCUT2D eigenvalue weighted by molar-refractivity contribution is 6.06. The summed E-state index contributed by atoms with van der Waals surface area (Å²) in [6.45, 7) is 0.598. The third-order valence-electron chi connectivity index (χ3n) is 3.22. The number of hydrogen-bond donors (Lipinski definition) is 1. The average Bonchev–Trinajstić information content (AvgIpc) is 2.77. The number of amides is 2. The van der Waals surface area contributed by atoms with Crippen LogP contribution in [0.15, 0.2) is 36.7 Å². The van der Waals surface area contributed by atoms with Crippen molar-refractivity contribution in [1.82, 2.24) is 14.5 Å². The van der Waals surface area contributed by atoms with Crippen molar-refractivity contribution in [2.75, 3.05) is 18.9 Å². The SMILES string of the molecule is CN1CC(=O)Nc2c(ncn2Cc2ccccc2)C1=O. The first-order valence-electron chi connectivity index (χ1n) is 6.29. The van der Waals surface area contributed by atoms with E-state index in [9.17, 15) is 9.59 Å². The zero-order chi connectivity index (χ0) is 14.1. The molecule has 0 bridgehead atoms. The zero-order valence-corrected chi connectivity index (χ0v) is 11.0. The summed E-state index contributed by atoms with van der Waals surface area (Å²) in [6.07, 6.45) is 1.58. The Morgan fingerprint density at radius 1 is 1.25 bits per heavy atom. The summed E-state index contributed by atoms with van der Waals surface area (Å²) in [7, 11) is 1.59. The Morgan fingerprint density at radius 2 is 2.00 bits per heavy atom. The molecule has 1 aromatic carbocycles. The van der Waals surface area contributed by atoms with Crippen molar-refractivity contribution < 1.29 is 9.59 Å². The van der Waals surface area contributed by atoms with Gasteiger partial charge in [-0.05, 0) is 5.56 Å². The van der Waals surface area contributed by atoms with Gasteiger partial charge in [0.2, 0.25) is 5.91 Å². The van der Waals surface area contributed by atoms with Crippen LogP contribution in [0.3, 0.4) is 0 Å². The van der Waals surface area contributed by atoms with E-state index in [1.165, 1.54) is 4.90 Å². The predicted octanol–water partition coefficient (Wildman–Crippen LogP) is 0.955. The zero-order valence-electron chi connectivity index (χ0n) is 11.0. The van der Waals surface area contributed by atoms with Crippen molar-refractivity contribution in [1.29, 1.82) is 0 Å². The third-order valence-corrected chi connectivity index (χ3v) is 3.22.